The van der Waals surface area contributed by atoms with Gasteiger partial charge in [0.25, 0.3) is 0 Å². The summed E-state index contributed by atoms with van der Waals surface area (Å²) in [5.41, 5.74) is 6.28. The third-order valence-electron chi connectivity index (χ3n) is 8.39. The molecule has 226 valence electrons. The van der Waals surface area contributed by atoms with Gasteiger partial charge in [0.05, 0.1) is 16.8 Å². The molecule has 7 nitrogen and oxygen atoms in total. The Labute approximate surface area is 246 Å². The van der Waals surface area contributed by atoms with Crippen LogP contribution in [0.4, 0.5) is 33.6 Å². The number of piperidine rings is 1. The van der Waals surface area contributed by atoms with Gasteiger partial charge in [-0.1, -0.05) is 18.2 Å². The first-order valence-corrected chi connectivity index (χ1v) is 14.5. The molecular weight excluding hydrogens is 565 g/mol. The lowest BCUT2D eigenvalue weighted by Crippen LogP contribution is -2.35. The number of imidazole rings is 1. The minimum atomic E-state index is -4.81. The lowest BCUT2D eigenvalue weighted by atomic mass is 9.95. The SMILES string of the molecule is Nc1ncnc(N2CCC(c3nc(-c4ccc(F)c(C(F)(F)F)c4)cn3CCN3CCCC3)CC2)c1-c1ccccc1F. The van der Waals surface area contributed by atoms with Crippen LogP contribution in [0.15, 0.2) is 55.0 Å². The van der Waals surface area contributed by atoms with Crippen molar-refractivity contribution in [3.05, 3.63) is 78.0 Å². The molecule has 2 fully saturated rings. The second-order valence-electron chi connectivity index (χ2n) is 11.1. The van der Waals surface area contributed by atoms with Crippen molar-refractivity contribution in [1.29, 1.82) is 0 Å². The standard InChI is InChI=1S/C31H32F5N7/c32-24-6-2-1-5-22(24)27-28(37)38-19-39-30(27)42-13-9-20(10-14-42)29-40-26(18-43(29)16-15-41-11-3-4-12-41)21-7-8-25(33)23(17-21)31(34,35)36/h1-2,5-8,17-20H,3-4,9-16H2,(H2,37,38,39). The summed E-state index contributed by atoms with van der Waals surface area (Å²) in [6.07, 6.45) is 2.04. The Balaban J connectivity index is 1.27. The van der Waals surface area contributed by atoms with Gasteiger partial charge in [-0.25, -0.2) is 23.7 Å². The number of hydrogen-bond acceptors (Lipinski definition) is 6. The molecule has 4 aromatic rings. The quantitative estimate of drug-likeness (QED) is 0.250. The molecule has 0 unspecified atom stereocenters. The van der Waals surface area contributed by atoms with Crippen LogP contribution in [0, 0.1) is 11.6 Å². The molecule has 4 heterocycles. The van der Waals surface area contributed by atoms with E-state index in [0.29, 0.717) is 55.1 Å². The zero-order valence-electron chi connectivity index (χ0n) is 23.5. The fraction of sp³-hybridized carbons (Fsp3) is 0.387. The molecule has 2 aromatic carbocycles. The Morgan fingerprint density at radius 2 is 1.63 bits per heavy atom. The molecule has 2 aromatic heterocycles. The molecule has 0 saturated carbocycles. The van der Waals surface area contributed by atoms with Gasteiger partial charge in [-0.05, 0) is 63.0 Å². The summed E-state index contributed by atoms with van der Waals surface area (Å²) >= 11 is 0. The van der Waals surface area contributed by atoms with E-state index >= 15 is 0 Å². The normalized spacial score (nSPS) is 16.7. The first-order chi connectivity index (χ1) is 20.7. The number of anilines is 2. The van der Waals surface area contributed by atoms with Gasteiger partial charge >= 0.3 is 6.18 Å². The van der Waals surface area contributed by atoms with Crippen molar-refractivity contribution in [2.45, 2.75) is 44.3 Å². The van der Waals surface area contributed by atoms with E-state index in [1.807, 2.05) is 4.57 Å². The number of benzene rings is 2. The van der Waals surface area contributed by atoms with E-state index in [-0.39, 0.29) is 17.3 Å². The number of hydrogen-bond donors (Lipinski definition) is 1. The lowest BCUT2D eigenvalue weighted by molar-refractivity contribution is -0.139. The smallest absolute Gasteiger partial charge is 0.383 e. The van der Waals surface area contributed by atoms with Crippen LogP contribution in [-0.4, -0.2) is 57.1 Å². The molecule has 0 aliphatic carbocycles. The maximum atomic E-state index is 14.7. The lowest BCUT2D eigenvalue weighted by Gasteiger charge is -2.34. The topological polar surface area (TPSA) is 76.1 Å². The number of nitrogens with zero attached hydrogens (tertiary/aromatic N) is 6. The van der Waals surface area contributed by atoms with Crippen LogP contribution in [-0.2, 0) is 12.7 Å². The molecule has 2 aliphatic rings. The third-order valence-corrected chi connectivity index (χ3v) is 8.39. The van der Waals surface area contributed by atoms with Crippen molar-refractivity contribution in [3.63, 3.8) is 0 Å². The minimum Gasteiger partial charge on any atom is -0.383 e. The predicted molar refractivity (Wildman–Crippen MR) is 154 cm³/mol. The van der Waals surface area contributed by atoms with E-state index in [1.165, 1.54) is 18.5 Å². The van der Waals surface area contributed by atoms with Crippen LogP contribution in [0.5, 0.6) is 0 Å². The molecule has 0 atom stereocenters. The average molecular weight is 598 g/mol. The van der Waals surface area contributed by atoms with Gasteiger partial charge in [0, 0.05) is 49.4 Å². The first-order valence-electron chi connectivity index (χ1n) is 14.5. The van der Waals surface area contributed by atoms with E-state index in [4.69, 9.17) is 10.7 Å². The molecule has 2 aliphatic heterocycles. The van der Waals surface area contributed by atoms with Gasteiger partial charge in [-0.2, -0.15) is 13.2 Å². The summed E-state index contributed by atoms with van der Waals surface area (Å²) in [4.78, 5) is 17.8. The monoisotopic (exact) mass is 597 g/mol. The van der Waals surface area contributed by atoms with Gasteiger partial charge in [-0.3, -0.25) is 0 Å². The van der Waals surface area contributed by atoms with Crippen LogP contribution in [0.1, 0.15) is 43.0 Å². The summed E-state index contributed by atoms with van der Waals surface area (Å²) in [6, 6.07) is 9.39. The molecule has 2 saturated heterocycles. The first kappa shape index (κ1) is 29.0. The number of rotatable bonds is 7. The Bertz CT molecular complexity index is 1590. The fourth-order valence-electron chi connectivity index (χ4n) is 6.13. The van der Waals surface area contributed by atoms with Crippen molar-refractivity contribution in [2.24, 2.45) is 0 Å². The fourth-order valence-corrected chi connectivity index (χ4v) is 6.13. The molecule has 43 heavy (non-hydrogen) atoms. The Morgan fingerprint density at radius 3 is 2.35 bits per heavy atom. The van der Waals surface area contributed by atoms with Crippen molar-refractivity contribution < 1.29 is 22.0 Å². The van der Waals surface area contributed by atoms with Crippen LogP contribution in [0.2, 0.25) is 0 Å². The highest BCUT2D eigenvalue weighted by atomic mass is 19.4. The van der Waals surface area contributed by atoms with E-state index < -0.39 is 23.4 Å². The van der Waals surface area contributed by atoms with Crippen LogP contribution in [0.25, 0.3) is 22.4 Å². The van der Waals surface area contributed by atoms with E-state index in [9.17, 15) is 22.0 Å². The highest BCUT2D eigenvalue weighted by molar-refractivity contribution is 5.84. The predicted octanol–water partition coefficient (Wildman–Crippen LogP) is 6.37. The Morgan fingerprint density at radius 1 is 0.884 bits per heavy atom. The van der Waals surface area contributed by atoms with Crippen molar-refractivity contribution in [1.82, 2.24) is 24.4 Å². The van der Waals surface area contributed by atoms with E-state index in [1.54, 1.807) is 24.4 Å². The van der Waals surface area contributed by atoms with Gasteiger partial charge in [0.1, 0.15) is 35.4 Å². The van der Waals surface area contributed by atoms with Crippen LogP contribution < -0.4 is 10.6 Å². The molecule has 0 bridgehead atoms. The molecule has 0 radical (unpaired) electrons. The second kappa shape index (κ2) is 11.9. The highest BCUT2D eigenvalue weighted by Crippen LogP contribution is 2.39. The molecular formula is C31H32F5N7. The average Bonchev–Trinajstić information content (AvgIpc) is 3.67. The summed E-state index contributed by atoms with van der Waals surface area (Å²) in [5.74, 6) is -0.151. The third kappa shape index (κ3) is 6.06. The molecule has 12 heteroatoms. The van der Waals surface area contributed by atoms with Crippen molar-refractivity contribution in [2.75, 3.05) is 43.4 Å². The summed E-state index contributed by atoms with van der Waals surface area (Å²) in [7, 11) is 0. The second-order valence-corrected chi connectivity index (χ2v) is 11.1. The summed E-state index contributed by atoms with van der Waals surface area (Å²) in [5, 5.41) is 0. The molecule has 0 amide bonds. The number of likely N-dealkylation sites (tertiary alicyclic amines) is 1. The summed E-state index contributed by atoms with van der Waals surface area (Å²) < 4.78 is 71.2. The van der Waals surface area contributed by atoms with Gasteiger partial charge in [0.2, 0.25) is 0 Å². The van der Waals surface area contributed by atoms with E-state index in [0.717, 1.165) is 50.4 Å². The maximum absolute atomic E-state index is 14.7. The minimum absolute atomic E-state index is 0.0298. The summed E-state index contributed by atoms with van der Waals surface area (Å²) in [6.45, 7) is 4.68. The molecule has 0 spiro atoms. The zero-order valence-corrected chi connectivity index (χ0v) is 23.5. The van der Waals surface area contributed by atoms with Gasteiger partial charge in [0.15, 0.2) is 0 Å². The molecule has 2 N–H and O–H groups in total. The zero-order chi connectivity index (χ0) is 30.1. The highest BCUT2D eigenvalue weighted by Gasteiger charge is 2.35. The molecule has 6 rings (SSSR count). The van der Waals surface area contributed by atoms with Crippen LogP contribution >= 0.6 is 0 Å². The van der Waals surface area contributed by atoms with Gasteiger partial charge in [-0.15, -0.1) is 0 Å². The number of nitrogens with two attached hydrogens (primary N) is 1. The van der Waals surface area contributed by atoms with Crippen LogP contribution in [0.3, 0.4) is 0 Å². The van der Waals surface area contributed by atoms with Crippen molar-refractivity contribution in [3.8, 4) is 22.4 Å². The Hall–Kier alpha value is -4.06. The maximum Gasteiger partial charge on any atom is 0.419 e. The number of aromatic nitrogens is 4. The number of nitrogen functional groups attached to an aromatic ring is 1. The van der Waals surface area contributed by atoms with Gasteiger partial charge < -0.3 is 20.1 Å². The number of halogens is 5. The largest absolute Gasteiger partial charge is 0.419 e. The number of alkyl halides is 3. The van der Waals surface area contributed by atoms with E-state index in [2.05, 4.69) is 19.8 Å². The van der Waals surface area contributed by atoms with Crippen molar-refractivity contribution >= 4 is 11.6 Å². The Kier molecular flexibility index (Phi) is 8.04.